The number of hydrogen-bond donors (Lipinski definition) is 3. The number of rotatable bonds is 4. The van der Waals surface area contributed by atoms with Crippen molar-refractivity contribution in [2.75, 3.05) is 6.54 Å². The smallest absolute Gasteiger partial charge is 0.288 e. The highest BCUT2D eigenvalue weighted by Crippen LogP contribution is 2.11. The molecule has 0 aliphatic carbocycles. The first kappa shape index (κ1) is 18.1. The van der Waals surface area contributed by atoms with Crippen molar-refractivity contribution in [3.63, 3.8) is 0 Å². The van der Waals surface area contributed by atoms with Crippen molar-refractivity contribution in [1.29, 1.82) is 0 Å². The number of aromatic nitrogens is 1. The highest BCUT2D eigenvalue weighted by molar-refractivity contribution is 5.98. The molecule has 1 aromatic heterocycles. The second-order valence-electron chi connectivity index (χ2n) is 5.89. The van der Waals surface area contributed by atoms with Crippen LogP contribution in [0, 0.1) is 6.92 Å². The van der Waals surface area contributed by atoms with E-state index in [9.17, 15) is 14.4 Å². The molecule has 0 spiro atoms. The van der Waals surface area contributed by atoms with Crippen molar-refractivity contribution in [2.45, 2.75) is 6.92 Å². The van der Waals surface area contributed by atoms with Gasteiger partial charge in [0.2, 0.25) is 0 Å². The normalized spacial score (nSPS) is 10.3. The molecule has 3 aromatic rings. The van der Waals surface area contributed by atoms with Crippen LogP contribution in [0.5, 0.6) is 0 Å². The van der Waals surface area contributed by atoms with Gasteiger partial charge in [0.15, 0.2) is 0 Å². The predicted octanol–water partition coefficient (Wildman–Crippen LogP) is 1.73. The number of nitrogens with zero attached hydrogens (tertiary/aromatic N) is 1. The first-order chi connectivity index (χ1) is 13.0. The summed E-state index contributed by atoms with van der Waals surface area (Å²) in [7, 11) is 0. The number of nitrogens with one attached hydrogen (secondary N) is 3. The van der Waals surface area contributed by atoms with E-state index >= 15 is 0 Å². The zero-order valence-corrected chi connectivity index (χ0v) is 14.7. The fourth-order valence-corrected chi connectivity index (χ4v) is 2.51. The summed E-state index contributed by atoms with van der Waals surface area (Å²) in [6.07, 6.45) is 0. The van der Waals surface area contributed by atoms with Gasteiger partial charge in [0.1, 0.15) is 5.69 Å². The zero-order valence-electron chi connectivity index (χ0n) is 14.7. The van der Waals surface area contributed by atoms with Crippen LogP contribution in [0.25, 0.3) is 10.9 Å². The average molecular weight is 362 g/mol. The molecule has 0 radical (unpaired) electrons. The number of benzene rings is 2. The third-order valence-corrected chi connectivity index (χ3v) is 3.95. The number of amides is 3. The first-order valence-electron chi connectivity index (χ1n) is 8.33. The Bertz CT molecular complexity index is 1020. The van der Waals surface area contributed by atoms with Gasteiger partial charge >= 0.3 is 0 Å². The molecule has 0 atom stereocenters. The molecule has 3 N–H and O–H groups in total. The van der Waals surface area contributed by atoms with Crippen molar-refractivity contribution in [3.8, 4) is 0 Å². The van der Waals surface area contributed by atoms with E-state index in [1.165, 1.54) is 0 Å². The fraction of sp³-hybridized carbons (Fsp3) is 0.100. The SMILES string of the molecule is Cc1ccccc1C(=O)NCC(=O)NNC(=O)c1ccc2ccccc2n1. The monoisotopic (exact) mass is 362 g/mol. The van der Waals surface area contributed by atoms with Gasteiger partial charge in [0, 0.05) is 10.9 Å². The number of aryl methyl sites for hydroxylation is 1. The van der Waals surface area contributed by atoms with Gasteiger partial charge in [-0.1, -0.05) is 42.5 Å². The summed E-state index contributed by atoms with van der Waals surface area (Å²) >= 11 is 0. The van der Waals surface area contributed by atoms with E-state index in [2.05, 4.69) is 21.2 Å². The van der Waals surface area contributed by atoms with Gasteiger partial charge in [-0.3, -0.25) is 25.2 Å². The number of hydrazine groups is 1. The molecule has 3 amide bonds. The predicted molar refractivity (Wildman–Crippen MR) is 101 cm³/mol. The lowest BCUT2D eigenvalue weighted by molar-refractivity contribution is -0.120. The Labute approximate surface area is 155 Å². The molecule has 136 valence electrons. The molecule has 0 saturated carbocycles. The zero-order chi connectivity index (χ0) is 19.2. The molecule has 3 rings (SSSR count). The van der Waals surface area contributed by atoms with E-state index in [1.807, 2.05) is 37.3 Å². The topological polar surface area (TPSA) is 100 Å². The number of pyridine rings is 1. The second-order valence-corrected chi connectivity index (χ2v) is 5.89. The summed E-state index contributed by atoms with van der Waals surface area (Å²) in [6.45, 7) is 1.55. The van der Waals surface area contributed by atoms with Crippen molar-refractivity contribution >= 4 is 28.6 Å². The minimum absolute atomic E-state index is 0.179. The third kappa shape index (κ3) is 4.46. The lowest BCUT2D eigenvalue weighted by Gasteiger charge is -2.09. The van der Waals surface area contributed by atoms with Crippen molar-refractivity contribution in [3.05, 3.63) is 77.5 Å². The van der Waals surface area contributed by atoms with Crippen molar-refractivity contribution in [2.24, 2.45) is 0 Å². The molecule has 0 bridgehead atoms. The molecule has 0 saturated heterocycles. The Morgan fingerprint density at radius 2 is 1.59 bits per heavy atom. The van der Waals surface area contributed by atoms with Crippen LogP contribution in [0.1, 0.15) is 26.4 Å². The second kappa shape index (κ2) is 8.09. The van der Waals surface area contributed by atoms with E-state index in [4.69, 9.17) is 0 Å². The Balaban J connectivity index is 1.51. The first-order valence-corrected chi connectivity index (χ1v) is 8.33. The van der Waals surface area contributed by atoms with Crippen LogP contribution < -0.4 is 16.2 Å². The molecule has 0 aliphatic heterocycles. The molecular weight excluding hydrogens is 344 g/mol. The van der Waals surface area contributed by atoms with Gasteiger partial charge in [-0.25, -0.2) is 4.98 Å². The van der Waals surface area contributed by atoms with Gasteiger partial charge in [-0.2, -0.15) is 0 Å². The Morgan fingerprint density at radius 3 is 2.41 bits per heavy atom. The summed E-state index contributed by atoms with van der Waals surface area (Å²) in [5.41, 5.74) is 6.71. The molecular formula is C20H18N4O3. The molecule has 0 fully saturated rings. The maximum Gasteiger partial charge on any atom is 0.288 e. The van der Waals surface area contributed by atoms with E-state index in [0.717, 1.165) is 10.9 Å². The minimum Gasteiger partial charge on any atom is -0.343 e. The molecule has 27 heavy (non-hydrogen) atoms. The quantitative estimate of drug-likeness (QED) is 0.616. The van der Waals surface area contributed by atoms with Gasteiger partial charge < -0.3 is 5.32 Å². The van der Waals surface area contributed by atoms with Crippen LogP contribution in [0.3, 0.4) is 0 Å². The number of carbonyl (C=O) groups is 3. The lowest BCUT2D eigenvalue weighted by atomic mass is 10.1. The largest absolute Gasteiger partial charge is 0.343 e. The summed E-state index contributed by atoms with van der Waals surface area (Å²) < 4.78 is 0. The van der Waals surface area contributed by atoms with Gasteiger partial charge in [-0.15, -0.1) is 0 Å². The van der Waals surface area contributed by atoms with E-state index < -0.39 is 11.8 Å². The van der Waals surface area contributed by atoms with Crippen LogP contribution in [0.2, 0.25) is 0 Å². The van der Waals surface area contributed by atoms with Crippen LogP contribution in [0.15, 0.2) is 60.7 Å². The summed E-state index contributed by atoms with van der Waals surface area (Å²) in [5, 5.41) is 3.42. The molecule has 7 heteroatoms. The standard InChI is InChI=1S/C20H18N4O3/c1-13-6-2-4-8-15(13)19(26)21-12-18(25)23-24-20(27)17-11-10-14-7-3-5-9-16(14)22-17/h2-11H,12H2,1H3,(H,21,26)(H,23,25)(H,24,27). The molecule has 1 heterocycles. The Kier molecular flexibility index (Phi) is 5.41. The summed E-state index contributed by atoms with van der Waals surface area (Å²) in [4.78, 5) is 40.3. The van der Waals surface area contributed by atoms with E-state index in [-0.39, 0.29) is 18.1 Å². The maximum absolute atomic E-state index is 12.1. The average Bonchev–Trinajstić information content (AvgIpc) is 2.70. The van der Waals surface area contributed by atoms with Crippen LogP contribution in [-0.4, -0.2) is 29.3 Å². The Hall–Kier alpha value is -3.74. The van der Waals surface area contributed by atoms with Crippen LogP contribution in [0.4, 0.5) is 0 Å². The summed E-state index contributed by atoms with van der Waals surface area (Å²) in [5.74, 6) is -1.45. The molecule has 7 nitrogen and oxygen atoms in total. The van der Waals surface area contributed by atoms with E-state index in [0.29, 0.717) is 11.1 Å². The van der Waals surface area contributed by atoms with Crippen LogP contribution >= 0.6 is 0 Å². The number of fused-ring (bicyclic) bond motifs is 1. The molecule has 0 unspecified atom stereocenters. The van der Waals surface area contributed by atoms with Crippen LogP contribution in [-0.2, 0) is 4.79 Å². The Morgan fingerprint density at radius 1 is 0.852 bits per heavy atom. The number of para-hydroxylation sites is 1. The molecule has 0 aliphatic rings. The fourth-order valence-electron chi connectivity index (χ4n) is 2.51. The number of carbonyl (C=O) groups excluding carboxylic acids is 3. The number of hydrogen-bond acceptors (Lipinski definition) is 4. The molecule has 2 aromatic carbocycles. The van der Waals surface area contributed by atoms with Crippen molar-refractivity contribution in [1.82, 2.24) is 21.2 Å². The summed E-state index contributed by atoms with van der Waals surface area (Å²) in [6, 6.07) is 17.8. The van der Waals surface area contributed by atoms with E-state index in [1.54, 1.807) is 30.3 Å². The van der Waals surface area contributed by atoms with Gasteiger partial charge in [0.25, 0.3) is 17.7 Å². The third-order valence-electron chi connectivity index (χ3n) is 3.95. The van der Waals surface area contributed by atoms with Gasteiger partial charge in [-0.05, 0) is 30.7 Å². The van der Waals surface area contributed by atoms with Gasteiger partial charge in [0.05, 0.1) is 12.1 Å². The van der Waals surface area contributed by atoms with Crippen molar-refractivity contribution < 1.29 is 14.4 Å². The minimum atomic E-state index is -0.550. The highest BCUT2D eigenvalue weighted by Gasteiger charge is 2.12. The lowest BCUT2D eigenvalue weighted by Crippen LogP contribution is -2.46. The highest BCUT2D eigenvalue weighted by atomic mass is 16.2. The maximum atomic E-state index is 12.1.